The maximum Gasteiger partial charge on any atom is 0.123 e. The molecule has 1 N–H and O–H groups in total. The van der Waals surface area contributed by atoms with Crippen molar-refractivity contribution < 1.29 is 4.74 Å². The smallest absolute Gasteiger partial charge is 0.123 e. The van der Waals surface area contributed by atoms with Gasteiger partial charge in [0.05, 0.1) is 7.11 Å². The Morgan fingerprint density at radius 1 is 1.25 bits per heavy atom. The van der Waals surface area contributed by atoms with E-state index in [4.69, 9.17) is 4.74 Å². The molecule has 0 saturated carbocycles. The van der Waals surface area contributed by atoms with Crippen LogP contribution >= 0.6 is 0 Å². The summed E-state index contributed by atoms with van der Waals surface area (Å²) in [6, 6.07) is 6.96. The number of benzene rings is 1. The average Bonchev–Trinajstić information content (AvgIpc) is 2.42. The van der Waals surface area contributed by atoms with Gasteiger partial charge in [0.1, 0.15) is 5.75 Å². The molecule has 0 heterocycles. The molecular weight excluding hydrogens is 248 g/mol. The molecular formula is C17H30N2O. The molecule has 3 heteroatoms. The number of methoxy groups -OCH3 is 1. The van der Waals surface area contributed by atoms with Gasteiger partial charge in [-0.05, 0) is 59.8 Å². The lowest BCUT2D eigenvalue weighted by atomic mass is 10.1. The molecule has 3 nitrogen and oxygen atoms in total. The van der Waals surface area contributed by atoms with Gasteiger partial charge in [0.15, 0.2) is 0 Å². The Labute approximate surface area is 124 Å². The number of aryl methyl sites for hydroxylation is 1. The zero-order valence-electron chi connectivity index (χ0n) is 13.7. The van der Waals surface area contributed by atoms with E-state index in [1.54, 1.807) is 7.11 Å². The predicted molar refractivity (Wildman–Crippen MR) is 86.4 cm³/mol. The first-order valence-electron chi connectivity index (χ1n) is 7.59. The van der Waals surface area contributed by atoms with E-state index in [1.807, 2.05) is 6.07 Å². The quantitative estimate of drug-likeness (QED) is 0.702. The molecule has 0 atom stereocenters. The van der Waals surface area contributed by atoms with Crippen LogP contribution in [0.2, 0.25) is 0 Å². The fourth-order valence-electron chi connectivity index (χ4n) is 2.14. The summed E-state index contributed by atoms with van der Waals surface area (Å²) >= 11 is 0. The molecule has 114 valence electrons. The molecule has 0 spiro atoms. The Hall–Kier alpha value is -1.06. The second kappa shape index (κ2) is 8.98. The van der Waals surface area contributed by atoms with Gasteiger partial charge < -0.3 is 15.0 Å². The molecule has 1 aromatic carbocycles. The van der Waals surface area contributed by atoms with Gasteiger partial charge in [-0.25, -0.2) is 0 Å². The highest BCUT2D eigenvalue weighted by Gasteiger charge is 2.03. The summed E-state index contributed by atoms with van der Waals surface area (Å²) in [5.74, 6) is 0.975. The van der Waals surface area contributed by atoms with Crippen LogP contribution in [0, 0.1) is 6.92 Å². The van der Waals surface area contributed by atoms with Crippen LogP contribution < -0.4 is 10.1 Å². The van der Waals surface area contributed by atoms with Crippen molar-refractivity contribution in [2.24, 2.45) is 0 Å². The summed E-state index contributed by atoms with van der Waals surface area (Å²) in [7, 11) is 3.92. The molecule has 1 rings (SSSR count). The van der Waals surface area contributed by atoms with Gasteiger partial charge in [0, 0.05) is 18.2 Å². The highest BCUT2D eigenvalue weighted by molar-refractivity contribution is 5.36. The third kappa shape index (κ3) is 5.93. The van der Waals surface area contributed by atoms with Crippen molar-refractivity contribution in [1.82, 2.24) is 10.2 Å². The SMILES string of the molecule is COc1ccc(C)cc1CNCCCCN(C)C(C)C. The number of nitrogens with one attached hydrogen (secondary N) is 1. The number of unbranched alkanes of at least 4 members (excludes halogenated alkanes) is 1. The van der Waals surface area contributed by atoms with Crippen LogP contribution in [0.3, 0.4) is 0 Å². The molecule has 0 saturated heterocycles. The van der Waals surface area contributed by atoms with Crippen molar-refractivity contribution in [1.29, 1.82) is 0 Å². The molecule has 0 aliphatic rings. The van der Waals surface area contributed by atoms with Crippen LogP contribution in [0.4, 0.5) is 0 Å². The maximum absolute atomic E-state index is 5.39. The Morgan fingerprint density at radius 3 is 2.65 bits per heavy atom. The highest BCUT2D eigenvalue weighted by atomic mass is 16.5. The second-order valence-electron chi connectivity index (χ2n) is 5.77. The summed E-state index contributed by atoms with van der Waals surface area (Å²) in [5.41, 5.74) is 2.52. The van der Waals surface area contributed by atoms with Crippen molar-refractivity contribution in [2.75, 3.05) is 27.2 Å². The second-order valence-corrected chi connectivity index (χ2v) is 5.77. The van der Waals surface area contributed by atoms with Gasteiger partial charge in [-0.3, -0.25) is 0 Å². The summed E-state index contributed by atoms with van der Waals surface area (Å²) in [4.78, 5) is 2.39. The summed E-state index contributed by atoms with van der Waals surface area (Å²) in [5, 5.41) is 3.51. The summed E-state index contributed by atoms with van der Waals surface area (Å²) in [6.45, 7) is 9.70. The Kier molecular flexibility index (Phi) is 7.63. The lowest BCUT2D eigenvalue weighted by molar-refractivity contribution is 0.268. The zero-order valence-corrected chi connectivity index (χ0v) is 13.7. The van der Waals surface area contributed by atoms with E-state index in [0.29, 0.717) is 6.04 Å². The fourth-order valence-corrected chi connectivity index (χ4v) is 2.14. The number of ether oxygens (including phenoxy) is 1. The van der Waals surface area contributed by atoms with Crippen molar-refractivity contribution >= 4 is 0 Å². The van der Waals surface area contributed by atoms with E-state index in [1.165, 1.54) is 30.5 Å². The van der Waals surface area contributed by atoms with Gasteiger partial charge in [-0.15, -0.1) is 0 Å². The first-order chi connectivity index (χ1) is 9.54. The van der Waals surface area contributed by atoms with Crippen LogP contribution in [-0.2, 0) is 6.54 Å². The van der Waals surface area contributed by atoms with Crippen molar-refractivity contribution in [3.63, 3.8) is 0 Å². The van der Waals surface area contributed by atoms with Crippen LogP contribution in [0.15, 0.2) is 18.2 Å². The number of hydrogen-bond donors (Lipinski definition) is 1. The molecule has 0 radical (unpaired) electrons. The van der Waals surface area contributed by atoms with Gasteiger partial charge in [0.2, 0.25) is 0 Å². The highest BCUT2D eigenvalue weighted by Crippen LogP contribution is 2.19. The minimum absolute atomic E-state index is 0.638. The average molecular weight is 278 g/mol. The molecule has 20 heavy (non-hydrogen) atoms. The first-order valence-corrected chi connectivity index (χ1v) is 7.59. The van der Waals surface area contributed by atoms with E-state index in [2.05, 4.69) is 50.2 Å². The van der Waals surface area contributed by atoms with Gasteiger partial charge >= 0.3 is 0 Å². The van der Waals surface area contributed by atoms with Crippen molar-refractivity contribution in [2.45, 2.75) is 46.2 Å². The zero-order chi connectivity index (χ0) is 15.0. The normalized spacial score (nSPS) is 11.3. The lowest BCUT2D eigenvalue weighted by Gasteiger charge is -2.20. The molecule has 0 aromatic heterocycles. The van der Waals surface area contributed by atoms with Crippen molar-refractivity contribution in [3.8, 4) is 5.75 Å². The molecule has 0 amide bonds. The van der Waals surface area contributed by atoms with Gasteiger partial charge in [-0.2, -0.15) is 0 Å². The number of hydrogen-bond acceptors (Lipinski definition) is 3. The van der Waals surface area contributed by atoms with E-state index in [0.717, 1.165) is 18.8 Å². The summed E-state index contributed by atoms with van der Waals surface area (Å²) in [6.07, 6.45) is 2.46. The third-order valence-corrected chi connectivity index (χ3v) is 3.75. The predicted octanol–water partition coefficient (Wildman–Crippen LogP) is 3.21. The molecule has 0 aliphatic carbocycles. The monoisotopic (exact) mass is 278 g/mol. The first kappa shape index (κ1) is 17.0. The van der Waals surface area contributed by atoms with E-state index in [9.17, 15) is 0 Å². The lowest BCUT2D eigenvalue weighted by Crippen LogP contribution is -2.27. The third-order valence-electron chi connectivity index (χ3n) is 3.75. The Balaban J connectivity index is 2.23. The minimum Gasteiger partial charge on any atom is -0.496 e. The fraction of sp³-hybridized carbons (Fsp3) is 0.647. The minimum atomic E-state index is 0.638. The van der Waals surface area contributed by atoms with Crippen LogP contribution in [-0.4, -0.2) is 38.2 Å². The number of rotatable bonds is 9. The van der Waals surface area contributed by atoms with Gasteiger partial charge in [0.25, 0.3) is 0 Å². The summed E-state index contributed by atoms with van der Waals surface area (Å²) < 4.78 is 5.39. The Bertz CT molecular complexity index is 391. The molecule has 0 bridgehead atoms. The molecule has 0 fully saturated rings. The Morgan fingerprint density at radius 2 is 2.00 bits per heavy atom. The van der Waals surface area contributed by atoms with E-state index < -0.39 is 0 Å². The molecule has 0 aliphatic heterocycles. The standard InChI is InChI=1S/C17H30N2O/c1-14(2)19(4)11-7-6-10-18-13-16-12-15(3)8-9-17(16)20-5/h8-9,12,14,18H,6-7,10-11,13H2,1-5H3. The molecule has 1 aromatic rings. The van der Waals surface area contributed by atoms with Crippen LogP contribution in [0.1, 0.15) is 37.8 Å². The largest absolute Gasteiger partial charge is 0.496 e. The maximum atomic E-state index is 5.39. The van der Waals surface area contributed by atoms with Crippen LogP contribution in [0.25, 0.3) is 0 Å². The van der Waals surface area contributed by atoms with E-state index in [-0.39, 0.29) is 0 Å². The van der Waals surface area contributed by atoms with Crippen molar-refractivity contribution in [3.05, 3.63) is 29.3 Å². The molecule has 0 unspecified atom stereocenters. The van der Waals surface area contributed by atoms with E-state index >= 15 is 0 Å². The van der Waals surface area contributed by atoms with Crippen LogP contribution in [0.5, 0.6) is 5.75 Å². The van der Waals surface area contributed by atoms with Gasteiger partial charge in [-0.1, -0.05) is 17.7 Å². The number of nitrogens with zero attached hydrogens (tertiary/aromatic N) is 1. The topological polar surface area (TPSA) is 24.5 Å².